The zero-order valence-corrected chi connectivity index (χ0v) is 11.1. The number of carboxylic acids is 1. The van der Waals surface area contributed by atoms with Crippen LogP contribution < -0.4 is 5.73 Å². The van der Waals surface area contributed by atoms with Gasteiger partial charge < -0.3 is 15.7 Å². The maximum atomic E-state index is 12.1. The lowest BCUT2D eigenvalue weighted by molar-refractivity contribution is -0.141. The summed E-state index contributed by atoms with van der Waals surface area (Å²) < 4.78 is 0. The highest BCUT2D eigenvalue weighted by Gasteiger charge is 2.27. The second-order valence-corrected chi connectivity index (χ2v) is 4.48. The molecule has 17 heavy (non-hydrogen) atoms. The number of carboxylic acid groups (broad SMARTS) is 1. The van der Waals surface area contributed by atoms with Crippen molar-refractivity contribution in [3.05, 3.63) is 0 Å². The van der Waals surface area contributed by atoms with Crippen LogP contribution in [0.4, 0.5) is 0 Å². The third kappa shape index (κ3) is 4.73. The van der Waals surface area contributed by atoms with Crippen LogP contribution in [0, 0.1) is 5.92 Å². The summed E-state index contributed by atoms with van der Waals surface area (Å²) in [6.45, 7) is 7.96. The van der Waals surface area contributed by atoms with E-state index in [0.717, 1.165) is 6.42 Å². The van der Waals surface area contributed by atoms with Gasteiger partial charge in [-0.25, -0.2) is 0 Å². The largest absolute Gasteiger partial charge is 0.481 e. The summed E-state index contributed by atoms with van der Waals surface area (Å²) >= 11 is 0. The molecule has 100 valence electrons. The topological polar surface area (TPSA) is 83.6 Å². The fraction of sp³-hybridized carbons (Fsp3) is 0.833. The van der Waals surface area contributed by atoms with Crippen LogP contribution >= 0.6 is 0 Å². The molecule has 1 unspecified atom stereocenters. The summed E-state index contributed by atoms with van der Waals surface area (Å²) in [6.07, 6.45) is 0.782. The van der Waals surface area contributed by atoms with Crippen molar-refractivity contribution in [2.75, 3.05) is 6.54 Å². The van der Waals surface area contributed by atoms with Gasteiger partial charge in [0.05, 0.1) is 12.5 Å². The molecule has 0 saturated carbocycles. The van der Waals surface area contributed by atoms with Crippen molar-refractivity contribution in [3.8, 4) is 0 Å². The Morgan fingerprint density at radius 1 is 1.29 bits per heavy atom. The van der Waals surface area contributed by atoms with Gasteiger partial charge in [0.15, 0.2) is 0 Å². The molecule has 1 amide bonds. The van der Waals surface area contributed by atoms with Crippen molar-refractivity contribution in [2.24, 2.45) is 11.7 Å². The minimum atomic E-state index is -0.902. The van der Waals surface area contributed by atoms with E-state index in [0.29, 0.717) is 6.54 Å². The summed E-state index contributed by atoms with van der Waals surface area (Å²) in [7, 11) is 0. The highest BCUT2D eigenvalue weighted by Crippen LogP contribution is 2.12. The minimum Gasteiger partial charge on any atom is -0.481 e. The Bertz CT molecular complexity index is 268. The first kappa shape index (κ1) is 15.9. The van der Waals surface area contributed by atoms with Crippen molar-refractivity contribution >= 4 is 11.9 Å². The number of aliphatic carboxylic acids is 1. The zero-order chi connectivity index (χ0) is 13.6. The van der Waals surface area contributed by atoms with Crippen LogP contribution in [-0.2, 0) is 9.59 Å². The fourth-order valence-electron chi connectivity index (χ4n) is 1.74. The number of hydrogen-bond donors (Lipinski definition) is 2. The van der Waals surface area contributed by atoms with Gasteiger partial charge in [-0.15, -0.1) is 0 Å². The van der Waals surface area contributed by atoms with Gasteiger partial charge in [-0.05, 0) is 19.8 Å². The Morgan fingerprint density at radius 2 is 1.82 bits per heavy atom. The first-order valence-electron chi connectivity index (χ1n) is 6.12. The quantitative estimate of drug-likeness (QED) is 0.701. The van der Waals surface area contributed by atoms with Crippen molar-refractivity contribution in [3.63, 3.8) is 0 Å². The average Bonchev–Trinajstić information content (AvgIpc) is 2.26. The number of carbonyl (C=O) groups excluding carboxylic acids is 1. The standard InChI is InChI=1S/C12H24N2O3/c1-5-8(3)11(13)12(17)14(6-2)9(4)7-10(15)16/h8-9,11H,5-7,13H2,1-4H3,(H,15,16)/t8-,9?,11-/m0/s1. The lowest BCUT2D eigenvalue weighted by atomic mass is 9.98. The van der Waals surface area contributed by atoms with Crippen molar-refractivity contribution in [1.29, 1.82) is 0 Å². The summed E-state index contributed by atoms with van der Waals surface area (Å²) in [4.78, 5) is 24.3. The molecular formula is C12H24N2O3. The van der Waals surface area contributed by atoms with Crippen molar-refractivity contribution in [2.45, 2.75) is 52.6 Å². The molecule has 0 aromatic heterocycles. The Labute approximate surface area is 103 Å². The second kappa shape index (κ2) is 7.27. The van der Waals surface area contributed by atoms with Crippen LogP contribution in [0.2, 0.25) is 0 Å². The molecule has 3 atom stereocenters. The highest BCUT2D eigenvalue weighted by molar-refractivity contribution is 5.82. The lowest BCUT2D eigenvalue weighted by Crippen LogP contribution is -2.50. The molecule has 0 fully saturated rings. The molecule has 0 saturated heterocycles. The van der Waals surface area contributed by atoms with E-state index in [4.69, 9.17) is 10.8 Å². The van der Waals surface area contributed by atoms with E-state index in [1.807, 2.05) is 20.8 Å². The van der Waals surface area contributed by atoms with Gasteiger partial charge in [0.1, 0.15) is 0 Å². The number of carbonyl (C=O) groups is 2. The van der Waals surface area contributed by atoms with E-state index in [1.165, 1.54) is 0 Å². The maximum Gasteiger partial charge on any atom is 0.305 e. The number of rotatable bonds is 7. The summed E-state index contributed by atoms with van der Waals surface area (Å²) in [5.74, 6) is -0.954. The molecule has 0 aromatic rings. The third-order valence-corrected chi connectivity index (χ3v) is 3.17. The molecule has 5 nitrogen and oxygen atoms in total. The van der Waals surface area contributed by atoms with E-state index >= 15 is 0 Å². The second-order valence-electron chi connectivity index (χ2n) is 4.48. The zero-order valence-electron chi connectivity index (χ0n) is 11.1. The molecule has 0 aliphatic carbocycles. The predicted molar refractivity (Wildman–Crippen MR) is 66.5 cm³/mol. The molecule has 0 rings (SSSR count). The smallest absolute Gasteiger partial charge is 0.305 e. The third-order valence-electron chi connectivity index (χ3n) is 3.17. The van der Waals surface area contributed by atoms with Gasteiger partial charge in [-0.2, -0.15) is 0 Å². The number of nitrogens with zero attached hydrogens (tertiary/aromatic N) is 1. The predicted octanol–water partition coefficient (Wildman–Crippen LogP) is 1.07. The fourth-order valence-corrected chi connectivity index (χ4v) is 1.74. The molecule has 0 aliphatic rings. The monoisotopic (exact) mass is 244 g/mol. The minimum absolute atomic E-state index is 0.0488. The van der Waals surface area contributed by atoms with Gasteiger partial charge in [0.2, 0.25) is 5.91 Å². The van der Waals surface area contributed by atoms with Crippen molar-refractivity contribution in [1.82, 2.24) is 4.90 Å². The van der Waals surface area contributed by atoms with E-state index in [-0.39, 0.29) is 24.3 Å². The summed E-state index contributed by atoms with van der Waals surface area (Å²) in [5.41, 5.74) is 5.88. The van der Waals surface area contributed by atoms with Gasteiger partial charge in [0, 0.05) is 12.6 Å². The molecule has 0 radical (unpaired) electrons. The Balaban J connectivity index is 4.64. The summed E-state index contributed by atoms with van der Waals surface area (Å²) in [5, 5.41) is 8.73. The van der Waals surface area contributed by atoms with E-state index in [2.05, 4.69) is 0 Å². The van der Waals surface area contributed by atoms with Crippen LogP contribution in [0.5, 0.6) is 0 Å². The first-order chi connectivity index (χ1) is 7.84. The van der Waals surface area contributed by atoms with Gasteiger partial charge in [-0.1, -0.05) is 20.3 Å². The van der Waals surface area contributed by atoms with Gasteiger partial charge >= 0.3 is 5.97 Å². The van der Waals surface area contributed by atoms with E-state index in [9.17, 15) is 9.59 Å². The van der Waals surface area contributed by atoms with Crippen LogP contribution in [0.15, 0.2) is 0 Å². The Hall–Kier alpha value is -1.10. The SMILES string of the molecule is CC[C@H](C)[C@H](N)C(=O)N(CC)C(C)CC(=O)O. The van der Waals surface area contributed by atoms with Crippen LogP contribution in [-0.4, -0.2) is 40.5 Å². The highest BCUT2D eigenvalue weighted by atomic mass is 16.4. The Morgan fingerprint density at radius 3 is 2.18 bits per heavy atom. The molecule has 0 heterocycles. The van der Waals surface area contributed by atoms with Crippen LogP contribution in [0.25, 0.3) is 0 Å². The Kier molecular flexibility index (Phi) is 6.80. The van der Waals surface area contributed by atoms with E-state index in [1.54, 1.807) is 11.8 Å². The number of hydrogen-bond acceptors (Lipinski definition) is 3. The van der Waals surface area contributed by atoms with Gasteiger partial charge in [-0.3, -0.25) is 9.59 Å². The maximum absolute atomic E-state index is 12.1. The first-order valence-corrected chi connectivity index (χ1v) is 6.12. The molecule has 0 aromatic carbocycles. The van der Waals surface area contributed by atoms with E-state index < -0.39 is 12.0 Å². The summed E-state index contributed by atoms with van der Waals surface area (Å²) in [6, 6.07) is -0.865. The normalized spacial score (nSPS) is 16.1. The van der Waals surface area contributed by atoms with Crippen LogP contribution in [0.3, 0.4) is 0 Å². The molecule has 3 N–H and O–H groups in total. The molecule has 0 spiro atoms. The number of amides is 1. The van der Waals surface area contributed by atoms with Gasteiger partial charge in [0.25, 0.3) is 0 Å². The number of likely N-dealkylation sites (N-methyl/N-ethyl adjacent to an activating group) is 1. The van der Waals surface area contributed by atoms with Crippen LogP contribution in [0.1, 0.15) is 40.5 Å². The molecule has 5 heteroatoms. The molecule has 0 aliphatic heterocycles. The number of nitrogens with two attached hydrogens (primary N) is 1. The average molecular weight is 244 g/mol. The lowest BCUT2D eigenvalue weighted by Gasteiger charge is -2.31. The molecule has 0 bridgehead atoms. The molecular weight excluding hydrogens is 220 g/mol. The van der Waals surface area contributed by atoms with Crippen molar-refractivity contribution < 1.29 is 14.7 Å².